The summed E-state index contributed by atoms with van der Waals surface area (Å²) in [5.74, 6) is 0.131. The van der Waals surface area contributed by atoms with Gasteiger partial charge in [-0.1, -0.05) is 32.0 Å². The Morgan fingerprint density at radius 1 is 1.38 bits per heavy atom. The molecule has 0 aliphatic carbocycles. The molecule has 1 heterocycles. The van der Waals surface area contributed by atoms with Gasteiger partial charge in [0.15, 0.2) is 0 Å². The second kappa shape index (κ2) is 8.54. The molecule has 0 fully saturated rings. The summed E-state index contributed by atoms with van der Waals surface area (Å²) in [6, 6.07) is 6.46. The fourth-order valence-corrected chi connectivity index (χ4v) is 2.36. The van der Waals surface area contributed by atoms with Gasteiger partial charge in [-0.25, -0.2) is 14.2 Å². The van der Waals surface area contributed by atoms with Gasteiger partial charge in [0.2, 0.25) is 0 Å². The van der Waals surface area contributed by atoms with Crippen LogP contribution in [0.5, 0.6) is 0 Å². The number of carbonyl (C=O) groups is 1. The lowest BCUT2D eigenvalue weighted by atomic mass is 10.0. The number of ether oxygens (including phenoxy) is 1. The van der Waals surface area contributed by atoms with Crippen molar-refractivity contribution in [2.24, 2.45) is 5.92 Å². The van der Waals surface area contributed by atoms with Crippen molar-refractivity contribution in [2.75, 3.05) is 6.61 Å². The smallest absolute Gasteiger partial charge is 0.378 e. The molecule has 24 heavy (non-hydrogen) atoms. The lowest BCUT2D eigenvalue weighted by molar-refractivity contribution is 0.0512. The molecule has 0 bridgehead atoms. The first-order valence-electron chi connectivity index (χ1n) is 8.07. The molecule has 1 aromatic carbocycles. The molecule has 2 aromatic rings. The van der Waals surface area contributed by atoms with E-state index in [9.17, 15) is 9.18 Å². The molecule has 0 spiro atoms. The normalized spacial score (nSPS) is 12.4. The van der Waals surface area contributed by atoms with Crippen LogP contribution in [0.2, 0.25) is 0 Å². The number of benzene rings is 1. The van der Waals surface area contributed by atoms with Gasteiger partial charge >= 0.3 is 5.97 Å². The SMILES string of the molecule is CCOC(=O)c1n[nH]c(C(CC(C)C)NCc2ccccc2F)n1. The van der Waals surface area contributed by atoms with Crippen molar-refractivity contribution in [1.82, 2.24) is 20.5 Å². The monoisotopic (exact) mass is 334 g/mol. The van der Waals surface area contributed by atoms with E-state index in [1.807, 2.05) is 0 Å². The highest BCUT2D eigenvalue weighted by molar-refractivity contribution is 5.84. The topological polar surface area (TPSA) is 79.9 Å². The lowest BCUT2D eigenvalue weighted by Gasteiger charge is -2.18. The van der Waals surface area contributed by atoms with Crippen molar-refractivity contribution in [2.45, 2.75) is 39.8 Å². The highest BCUT2D eigenvalue weighted by atomic mass is 19.1. The Hall–Kier alpha value is -2.28. The van der Waals surface area contributed by atoms with Crippen LogP contribution in [0.3, 0.4) is 0 Å². The van der Waals surface area contributed by atoms with Crippen molar-refractivity contribution < 1.29 is 13.9 Å². The number of esters is 1. The minimum absolute atomic E-state index is 0.00768. The third-order valence-electron chi connectivity index (χ3n) is 3.49. The van der Waals surface area contributed by atoms with Crippen molar-refractivity contribution in [3.05, 3.63) is 47.3 Å². The Kier molecular flexibility index (Phi) is 6.43. The van der Waals surface area contributed by atoms with Gasteiger partial charge < -0.3 is 10.1 Å². The molecule has 6 nitrogen and oxygen atoms in total. The number of hydrogen-bond donors (Lipinski definition) is 2. The van der Waals surface area contributed by atoms with E-state index in [4.69, 9.17) is 4.74 Å². The van der Waals surface area contributed by atoms with E-state index in [-0.39, 0.29) is 24.3 Å². The zero-order valence-electron chi connectivity index (χ0n) is 14.2. The highest BCUT2D eigenvalue weighted by Crippen LogP contribution is 2.19. The predicted molar refractivity (Wildman–Crippen MR) is 87.8 cm³/mol. The van der Waals surface area contributed by atoms with E-state index < -0.39 is 5.97 Å². The Morgan fingerprint density at radius 2 is 2.12 bits per heavy atom. The summed E-state index contributed by atoms with van der Waals surface area (Å²) in [6.07, 6.45) is 0.770. The average molecular weight is 334 g/mol. The Morgan fingerprint density at radius 3 is 2.79 bits per heavy atom. The van der Waals surface area contributed by atoms with Gasteiger partial charge in [-0.05, 0) is 25.3 Å². The summed E-state index contributed by atoms with van der Waals surface area (Å²) in [6.45, 7) is 6.52. The molecule has 0 radical (unpaired) electrons. The van der Waals surface area contributed by atoms with E-state index in [0.717, 1.165) is 6.42 Å². The maximum Gasteiger partial charge on any atom is 0.378 e. The van der Waals surface area contributed by atoms with Crippen LogP contribution in [0.15, 0.2) is 24.3 Å². The van der Waals surface area contributed by atoms with Gasteiger partial charge in [0.25, 0.3) is 5.82 Å². The van der Waals surface area contributed by atoms with Gasteiger partial charge in [0.05, 0.1) is 12.6 Å². The summed E-state index contributed by atoms with van der Waals surface area (Å²) in [5.41, 5.74) is 0.580. The first-order chi connectivity index (χ1) is 11.5. The van der Waals surface area contributed by atoms with Crippen LogP contribution >= 0.6 is 0 Å². The Bertz CT molecular complexity index is 672. The van der Waals surface area contributed by atoms with Crippen LogP contribution in [0.4, 0.5) is 4.39 Å². The number of hydrogen-bond acceptors (Lipinski definition) is 5. The van der Waals surface area contributed by atoms with E-state index in [0.29, 0.717) is 23.9 Å². The quantitative estimate of drug-likeness (QED) is 0.726. The second-order valence-electron chi connectivity index (χ2n) is 5.92. The van der Waals surface area contributed by atoms with Crippen molar-refractivity contribution in [3.8, 4) is 0 Å². The molecule has 7 heteroatoms. The molecule has 2 N–H and O–H groups in total. The second-order valence-corrected chi connectivity index (χ2v) is 5.92. The first kappa shape index (κ1) is 18.1. The van der Waals surface area contributed by atoms with Gasteiger partial charge in [0, 0.05) is 12.1 Å². The van der Waals surface area contributed by atoms with Crippen LogP contribution < -0.4 is 5.32 Å². The molecule has 0 aliphatic heterocycles. The summed E-state index contributed by atoms with van der Waals surface area (Å²) in [4.78, 5) is 15.9. The molecule has 2 rings (SSSR count). The Labute approximate surface area is 140 Å². The first-order valence-corrected chi connectivity index (χ1v) is 8.07. The zero-order valence-corrected chi connectivity index (χ0v) is 14.2. The summed E-state index contributed by atoms with van der Waals surface area (Å²) < 4.78 is 18.7. The molecule has 0 aliphatic rings. The third-order valence-corrected chi connectivity index (χ3v) is 3.49. The standard InChI is InChI=1S/C17H23FN4O2/c1-4-24-17(23)16-20-15(21-22-16)14(9-11(2)3)19-10-12-7-5-6-8-13(12)18/h5-8,11,14,19H,4,9-10H2,1-3H3,(H,20,21,22). The van der Waals surface area contributed by atoms with Crippen LogP contribution in [-0.4, -0.2) is 27.8 Å². The van der Waals surface area contributed by atoms with E-state index in [1.165, 1.54) is 6.07 Å². The average Bonchev–Trinajstić information content (AvgIpc) is 3.02. The largest absolute Gasteiger partial charge is 0.460 e. The van der Waals surface area contributed by atoms with Crippen LogP contribution in [0.25, 0.3) is 0 Å². The number of nitrogens with one attached hydrogen (secondary N) is 2. The number of nitrogens with zero attached hydrogens (tertiary/aromatic N) is 2. The summed E-state index contributed by atoms with van der Waals surface area (Å²) in [7, 11) is 0. The molecule has 130 valence electrons. The number of carbonyl (C=O) groups excluding carboxylic acids is 1. The van der Waals surface area contributed by atoms with Crippen molar-refractivity contribution >= 4 is 5.97 Å². The molecular formula is C17H23FN4O2. The maximum absolute atomic E-state index is 13.8. The highest BCUT2D eigenvalue weighted by Gasteiger charge is 2.21. The van der Waals surface area contributed by atoms with Gasteiger partial charge in [-0.3, -0.25) is 5.10 Å². The van der Waals surface area contributed by atoms with Crippen molar-refractivity contribution in [3.63, 3.8) is 0 Å². The lowest BCUT2D eigenvalue weighted by Crippen LogP contribution is -2.24. The molecular weight excluding hydrogens is 311 g/mol. The van der Waals surface area contributed by atoms with E-state index >= 15 is 0 Å². The summed E-state index contributed by atoms with van der Waals surface area (Å²) >= 11 is 0. The number of aromatic amines is 1. The minimum Gasteiger partial charge on any atom is -0.460 e. The fourth-order valence-electron chi connectivity index (χ4n) is 2.36. The fraction of sp³-hybridized carbons (Fsp3) is 0.471. The van der Waals surface area contributed by atoms with Crippen molar-refractivity contribution in [1.29, 1.82) is 0 Å². The third kappa shape index (κ3) is 4.86. The van der Waals surface area contributed by atoms with Crippen LogP contribution in [0.1, 0.15) is 55.2 Å². The maximum atomic E-state index is 13.8. The molecule has 1 unspecified atom stereocenters. The minimum atomic E-state index is -0.558. The van der Waals surface area contributed by atoms with Crippen LogP contribution in [-0.2, 0) is 11.3 Å². The molecule has 1 atom stereocenters. The number of rotatable bonds is 8. The van der Waals surface area contributed by atoms with E-state index in [2.05, 4.69) is 34.3 Å². The van der Waals surface area contributed by atoms with Gasteiger partial charge in [-0.2, -0.15) is 0 Å². The number of H-pyrrole nitrogens is 1. The molecule has 0 amide bonds. The van der Waals surface area contributed by atoms with E-state index in [1.54, 1.807) is 25.1 Å². The van der Waals surface area contributed by atoms with Crippen LogP contribution in [0, 0.1) is 11.7 Å². The van der Waals surface area contributed by atoms with Gasteiger partial charge in [0.1, 0.15) is 11.6 Å². The van der Waals surface area contributed by atoms with Gasteiger partial charge in [-0.15, -0.1) is 5.10 Å². The zero-order chi connectivity index (χ0) is 17.5. The molecule has 0 saturated carbocycles. The molecule has 0 saturated heterocycles. The number of halogens is 1. The Balaban J connectivity index is 2.10. The number of aromatic nitrogens is 3. The molecule has 1 aromatic heterocycles. The predicted octanol–water partition coefficient (Wildman–Crippen LogP) is 3.00. The summed E-state index contributed by atoms with van der Waals surface area (Å²) in [5, 5.41) is 9.98.